The number of thiophene rings is 2. The minimum Gasteiger partial charge on any atom is -0.478 e. The lowest BCUT2D eigenvalue weighted by atomic mass is 10.1. The molecule has 0 fully saturated rings. The van der Waals surface area contributed by atoms with Gasteiger partial charge in [0.1, 0.15) is 11.6 Å². The molecular weight excluding hydrogens is 691 g/mol. The largest absolute Gasteiger partial charge is 0.478 e. The molecule has 0 atom stereocenters. The van der Waals surface area contributed by atoms with E-state index in [0.29, 0.717) is 16.9 Å². The van der Waals surface area contributed by atoms with Crippen LogP contribution in [0.1, 0.15) is 20.7 Å². The fourth-order valence-electron chi connectivity index (χ4n) is 5.41. The number of pyridine rings is 2. The average molecular weight is 718 g/mol. The molecule has 4 N–H and O–H groups in total. The molecule has 4 aromatic carbocycles. The third-order valence-corrected chi connectivity index (χ3v) is 10.1. The van der Waals surface area contributed by atoms with E-state index >= 15 is 0 Å². The summed E-state index contributed by atoms with van der Waals surface area (Å²) in [6, 6.07) is 33.6. The standard InChI is InChI=1S/C19H15N3O3S2.C18H12N2O2S/c1-27(24,25)22-19(23)12-7-8-14-16(11-12)21-18(15-9-10-26-17(14)15)20-13-5-3-2-4-6-13;21-18(22)11-6-7-13-15(10-11)20-17(14-8-9-23-16(13)14)19-12-4-2-1-3-5-12/h2-11H,1H3,(H,20,21)(H,22,23);1-10H,(H,19,20)(H,21,22). The Balaban J connectivity index is 0.000000159. The molecule has 0 aliphatic carbocycles. The molecule has 10 nitrogen and oxygen atoms in total. The van der Waals surface area contributed by atoms with E-state index in [0.717, 1.165) is 54.4 Å². The lowest BCUT2D eigenvalue weighted by Gasteiger charge is -2.10. The molecule has 0 aliphatic rings. The molecule has 0 unspecified atom stereocenters. The number of benzene rings is 4. The molecule has 0 spiro atoms. The number of nitrogens with one attached hydrogen (secondary N) is 3. The maximum atomic E-state index is 12.2. The van der Waals surface area contributed by atoms with Gasteiger partial charge >= 0.3 is 5.97 Å². The van der Waals surface area contributed by atoms with Crippen molar-refractivity contribution in [2.75, 3.05) is 16.9 Å². The quantitative estimate of drug-likeness (QED) is 0.127. The Labute approximate surface area is 294 Å². The zero-order valence-electron chi connectivity index (χ0n) is 26.2. The summed E-state index contributed by atoms with van der Waals surface area (Å²) in [4.78, 5) is 32.7. The number of carboxylic acids is 1. The number of hydrogen-bond donors (Lipinski definition) is 4. The van der Waals surface area contributed by atoms with Crippen LogP contribution in [0.5, 0.6) is 0 Å². The zero-order chi connectivity index (χ0) is 34.8. The molecule has 4 heterocycles. The van der Waals surface area contributed by atoms with Gasteiger partial charge in [0.15, 0.2) is 0 Å². The van der Waals surface area contributed by atoms with Crippen molar-refractivity contribution in [3.05, 3.63) is 131 Å². The van der Waals surface area contributed by atoms with Crippen molar-refractivity contribution in [1.82, 2.24) is 14.7 Å². The van der Waals surface area contributed by atoms with Crippen molar-refractivity contribution < 1.29 is 23.1 Å². The second-order valence-electron chi connectivity index (χ2n) is 11.2. The van der Waals surface area contributed by atoms with Crippen LogP contribution >= 0.6 is 22.7 Å². The van der Waals surface area contributed by atoms with E-state index in [1.807, 2.05) is 94.3 Å². The van der Waals surface area contributed by atoms with Crippen LogP contribution in [0.2, 0.25) is 0 Å². The van der Waals surface area contributed by atoms with Crippen LogP contribution in [0.25, 0.3) is 42.0 Å². The zero-order valence-corrected chi connectivity index (χ0v) is 28.7. The van der Waals surface area contributed by atoms with E-state index in [1.54, 1.807) is 53.0 Å². The number of aromatic carboxylic acids is 1. The minimum atomic E-state index is -3.63. The van der Waals surface area contributed by atoms with E-state index in [-0.39, 0.29) is 11.1 Å². The van der Waals surface area contributed by atoms with Crippen LogP contribution in [-0.2, 0) is 10.0 Å². The highest BCUT2D eigenvalue weighted by Crippen LogP contribution is 2.36. The number of anilines is 4. The highest BCUT2D eigenvalue weighted by Gasteiger charge is 2.16. The van der Waals surface area contributed by atoms with Crippen molar-refractivity contribution in [2.24, 2.45) is 0 Å². The number of hydrogen-bond acceptors (Lipinski definition) is 10. The predicted molar refractivity (Wildman–Crippen MR) is 203 cm³/mol. The van der Waals surface area contributed by atoms with Crippen molar-refractivity contribution in [3.63, 3.8) is 0 Å². The number of nitrogens with zero attached hydrogens (tertiary/aromatic N) is 2. The lowest BCUT2D eigenvalue weighted by molar-refractivity contribution is 0.0696. The number of fused-ring (bicyclic) bond motifs is 6. The van der Waals surface area contributed by atoms with E-state index in [1.165, 1.54) is 0 Å². The van der Waals surface area contributed by atoms with Crippen LogP contribution in [0.4, 0.5) is 23.0 Å². The topological polar surface area (TPSA) is 150 Å². The molecule has 0 bridgehead atoms. The third kappa shape index (κ3) is 6.96. The molecule has 50 heavy (non-hydrogen) atoms. The number of carbonyl (C=O) groups is 2. The maximum absolute atomic E-state index is 12.2. The van der Waals surface area contributed by atoms with E-state index < -0.39 is 21.9 Å². The molecule has 0 saturated heterocycles. The summed E-state index contributed by atoms with van der Waals surface area (Å²) < 4.78 is 26.8. The molecule has 248 valence electrons. The Morgan fingerprint density at radius 2 is 1.08 bits per heavy atom. The van der Waals surface area contributed by atoms with Gasteiger partial charge in [0.05, 0.1) is 22.9 Å². The van der Waals surface area contributed by atoms with Crippen LogP contribution in [0.15, 0.2) is 120 Å². The van der Waals surface area contributed by atoms with Crippen LogP contribution < -0.4 is 15.4 Å². The Bertz CT molecular complexity index is 2660. The smallest absolute Gasteiger partial charge is 0.335 e. The summed E-state index contributed by atoms with van der Waals surface area (Å²) in [6.45, 7) is 0. The first-order valence-electron chi connectivity index (χ1n) is 15.1. The number of rotatable bonds is 7. The summed E-state index contributed by atoms with van der Waals surface area (Å²) in [5.41, 5.74) is 3.63. The molecule has 0 saturated carbocycles. The summed E-state index contributed by atoms with van der Waals surface area (Å²) >= 11 is 3.22. The van der Waals surface area contributed by atoms with Crippen LogP contribution in [0.3, 0.4) is 0 Å². The van der Waals surface area contributed by atoms with Crippen molar-refractivity contribution in [1.29, 1.82) is 0 Å². The lowest BCUT2D eigenvalue weighted by Crippen LogP contribution is -2.29. The molecule has 13 heteroatoms. The van der Waals surface area contributed by atoms with E-state index in [9.17, 15) is 23.1 Å². The van der Waals surface area contributed by atoms with Crippen LogP contribution in [-0.4, -0.2) is 41.6 Å². The number of aromatic nitrogens is 2. The maximum Gasteiger partial charge on any atom is 0.335 e. The normalized spacial score (nSPS) is 11.3. The molecule has 8 aromatic rings. The SMILES string of the molecule is CS(=O)(=O)NC(=O)c1ccc2c(c1)nc(Nc1ccccc1)c1ccsc12.O=C(O)c1ccc2c(c1)nc(Nc1ccccc1)c1ccsc12. The van der Waals surface area contributed by atoms with E-state index in [2.05, 4.69) is 20.6 Å². The first kappa shape index (κ1) is 32.6. The predicted octanol–water partition coefficient (Wildman–Crippen LogP) is 8.77. The Hall–Kier alpha value is -5.89. The molecular formula is C37H27N5O5S3. The van der Waals surface area contributed by atoms with Gasteiger partial charge in [-0.1, -0.05) is 48.5 Å². The molecule has 0 aliphatic heterocycles. The number of carbonyl (C=O) groups excluding carboxylic acids is 1. The highest BCUT2D eigenvalue weighted by molar-refractivity contribution is 7.89. The van der Waals surface area contributed by atoms with Gasteiger partial charge in [0.2, 0.25) is 10.0 Å². The number of para-hydroxylation sites is 2. The molecule has 1 amide bonds. The fourth-order valence-corrected chi connectivity index (χ4v) is 7.73. The van der Waals surface area contributed by atoms with Gasteiger partial charge < -0.3 is 15.7 Å². The Morgan fingerprint density at radius 3 is 1.54 bits per heavy atom. The minimum absolute atomic E-state index is 0.238. The average Bonchev–Trinajstić information content (AvgIpc) is 3.80. The number of carboxylic acid groups (broad SMARTS) is 1. The molecule has 0 radical (unpaired) electrons. The first-order chi connectivity index (χ1) is 24.1. The van der Waals surface area contributed by atoms with Gasteiger partial charge in [-0.15, -0.1) is 22.7 Å². The van der Waals surface area contributed by atoms with Gasteiger partial charge in [0.25, 0.3) is 5.91 Å². The van der Waals surface area contributed by atoms with Gasteiger partial charge in [-0.2, -0.15) is 0 Å². The van der Waals surface area contributed by atoms with Crippen molar-refractivity contribution in [3.8, 4) is 0 Å². The third-order valence-electron chi connectivity index (χ3n) is 7.65. The summed E-state index contributed by atoms with van der Waals surface area (Å²) in [5, 5.41) is 23.7. The van der Waals surface area contributed by atoms with E-state index in [4.69, 9.17) is 0 Å². The Morgan fingerprint density at radius 1 is 0.620 bits per heavy atom. The van der Waals surface area contributed by atoms with Gasteiger partial charge in [0, 0.05) is 47.9 Å². The summed E-state index contributed by atoms with van der Waals surface area (Å²) in [6.07, 6.45) is 0.946. The van der Waals surface area contributed by atoms with Crippen molar-refractivity contribution >= 4 is 110 Å². The molecule has 4 aromatic heterocycles. The molecule has 8 rings (SSSR count). The van der Waals surface area contributed by atoms with Gasteiger partial charge in [-0.05, 0) is 71.4 Å². The second kappa shape index (κ2) is 13.6. The number of amides is 1. The number of sulfonamides is 1. The van der Waals surface area contributed by atoms with Crippen molar-refractivity contribution in [2.45, 2.75) is 0 Å². The monoisotopic (exact) mass is 717 g/mol. The Kier molecular flexibility index (Phi) is 8.85. The second-order valence-corrected chi connectivity index (χ2v) is 14.8. The fraction of sp³-hybridized carbons (Fsp3) is 0.0270. The van der Waals surface area contributed by atoms with Gasteiger partial charge in [-0.3, -0.25) is 4.79 Å². The summed E-state index contributed by atoms with van der Waals surface area (Å²) in [7, 11) is -3.63. The first-order valence-corrected chi connectivity index (χ1v) is 18.8. The highest BCUT2D eigenvalue weighted by atomic mass is 32.2. The van der Waals surface area contributed by atoms with Crippen LogP contribution in [0, 0.1) is 0 Å². The van der Waals surface area contributed by atoms with Gasteiger partial charge in [-0.25, -0.2) is 27.9 Å². The summed E-state index contributed by atoms with van der Waals surface area (Å²) in [5.74, 6) is -0.198.